The molecule has 1 N–H and O–H groups in total. The SMILES string of the molecule is CCCCNC(=O)[C@@H](Cc1ccccc1)N(Cc1c(Cl)cccc1Cl)C(=O)CN(c1ccc(OC)c(OC)c1)S(=O)(=O)c1ccccc1. The van der Waals surface area contributed by atoms with Crippen molar-refractivity contribution < 1.29 is 27.5 Å². The Morgan fingerprint density at radius 3 is 2.06 bits per heavy atom. The Labute approximate surface area is 292 Å². The number of halogens is 2. The summed E-state index contributed by atoms with van der Waals surface area (Å²) in [5.41, 5.74) is 1.40. The molecule has 0 unspecified atom stereocenters. The third-order valence-electron chi connectivity index (χ3n) is 7.76. The fourth-order valence-corrected chi connectivity index (χ4v) is 7.09. The van der Waals surface area contributed by atoms with Crippen molar-refractivity contribution >= 4 is 50.7 Å². The molecule has 0 heterocycles. The molecule has 0 fully saturated rings. The maximum atomic E-state index is 14.7. The second-order valence-corrected chi connectivity index (χ2v) is 13.6. The van der Waals surface area contributed by atoms with Crippen LogP contribution < -0.4 is 19.1 Å². The van der Waals surface area contributed by atoms with E-state index in [1.54, 1.807) is 42.5 Å². The summed E-state index contributed by atoms with van der Waals surface area (Å²) in [7, 11) is -1.40. The molecule has 9 nitrogen and oxygen atoms in total. The third-order valence-corrected chi connectivity index (χ3v) is 10.3. The minimum Gasteiger partial charge on any atom is -0.493 e. The number of nitrogens with zero attached hydrogens (tertiary/aromatic N) is 2. The molecule has 1 atom stereocenters. The molecule has 0 aliphatic rings. The molecule has 0 bridgehead atoms. The first-order valence-electron chi connectivity index (χ1n) is 15.4. The zero-order chi connectivity index (χ0) is 34.7. The van der Waals surface area contributed by atoms with Crippen LogP contribution in [0, 0.1) is 0 Å². The van der Waals surface area contributed by atoms with Gasteiger partial charge in [0.15, 0.2) is 11.5 Å². The van der Waals surface area contributed by atoms with Gasteiger partial charge in [-0.1, -0.05) is 91.1 Å². The molecule has 0 aromatic heterocycles. The number of anilines is 1. The highest BCUT2D eigenvalue weighted by Gasteiger charge is 2.35. The highest BCUT2D eigenvalue weighted by Crippen LogP contribution is 2.34. The number of unbranched alkanes of at least 4 members (excludes halogenated alkanes) is 1. The topological polar surface area (TPSA) is 105 Å². The van der Waals surface area contributed by atoms with E-state index in [1.807, 2.05) is 37.3 Å². The number of benzene rings is 4. The summed E-state index contributed by atoms with van der Waals surface area (Å²) in [5.74, 6) is -0.377. The second-order valence-electron chi connectivity index (χ2n) is 10.9. The molecule has 4 aromatic carbocycles. The molecule has 0 radical (unpaired) electrons. The van der Waals surface area contributed by atoms with E-state index in [1.165, 1.54) is 43.4 Å². The first-order chi connectivity index (χ1) is 23.1. The van der Waals surface area contributed by atoms with Gasteiger partial charge in [0, 0.05) is 41.2 Å². The molecule has 0 spiro atoms. The summed E-state index contributed by atoms with van der Waals surface area (Å²) < 4.78 is 40.3. The van der Waals surface area contributed by atoms with Crippen molar-refractivity contribution in [2.24, 2.45) is 0 Å². The molecular weight excluding hydrogens is 673 g/mol. The Kier molecular flexibility index (Phi) is 13.1. The van der Waals surface area contributed by atoms with Crippen LogP contribution in [0.15, 0.2) is 102 Å². The predicted octanol–water partition coefficient (Wildman–Crippen LogP) is 6.76. The van der Waals surface area contributed by atoms with Gasteiger partial charge in [-0.15, -0.1) is 0 Å². The maximum absolute atomic E-state index is 14.7. The highest BCUT2D eigenvalue weighted by atomic mass is 35.5. The molecule has 0 saturated heterocycles. The van der Waals surface area contributed by atoms with Gasteiger partial charge in [0.05, 0.1) is 24.8 Å². The smallest absolute Gasteiger partial charge is 0.264 e. The van der Waals surface area contributed by atoms with Gasteiger partial charge >= 0.3 is 0 Å². The second kappa shape index (κ2) is 17.2. The Balaban J connectivity index is 1.85. The standard InChI is InChI=1S/C36H39Cl2N3O6S/c1-4-5-21-39-36(43)32(22-26-13-8-6-9-14-26)40(24-29-30(37)17-12-18-31(29)38)35(42)25-41(48(44,45)28-15-10-7-11-16-28)27-19-20-33(46-2)34(23-27)47-3/h6-20,23,32H,4-5,21-22,24-25H2,1-3H3,(H,39,43)/t32-/m1/s1. The van der Waals surface area contributed by atoms with Crippen molar-refractivity contribution in [3.05, 3.63) is 118 Å². The number of nitrogens with one attached hydrogen (secondary N) is 1. The lowest BCUT2D eigenvalue weighted by molar-refractivity contribution is -0.140. The van der Waals surface area contributed by atoms with Crippen molar-refractivity contribution in [3.8, 4) is 11.5 Å². The fraction of sp³-hybridized carbons (Fsp3) is 0.278. The third kappa shape index (κ3) is 9.00. The summed E-state index contributed by atoms with van der Waals surface area (Å²) in [6, 6.07) is 25.6. The maximum Gasteiger partial charge on any atom is 0.264 e. The van der Waals surface area contributed by atoms with Gasteiger partial charge in [-0.2, -0.15) is 0 Å². The van der Waals surface area contributed by atoms with E-state index in [0.29, 0.717) is 27.9 Å². The van der Waals surface area contributed by atoms with Crippen LogP contribution in [0.1, 0.15) is 30.9 Å². The first-order valence-corrected chi connectivity index (χ1v) is 17.6. The van der Waals surface area contributed by atoms with Crippen LogP contribution in [-0.2, 0) is 32.6 Å². The molecule has 2 amide bonds. The van der Waals surface area contributed by atoms with Gasteiger partial charge in [-0.3, -0.25) is 13.9 Å². The van der Waals surface area contributed by atoms with E-state index in [0.717, 1.165) is 22.7 Å². The average molecular weight is 713 g/mol. The van der Waals surface area contributed by atoms with Crippen LogP contribution >= 0.6 is 23.2 Å². The minimum absolute atomic E-state index is 0.0218. The van der Waals surface area contributed by atoms with Crippen LogP contribution in [0.4, 0.5) is 5.69 Å². The van der Waals surface area contributed by atoms with E-state index >= 15 is 0 Å². The van der Waals surface area contributed by atoms with Crippen molar-refractivity contribution in [2.45, 2.75) is 43.7 Å². The zero-order valence-corrected chi connectivity index (χ0v) is 29.4. The fourth-order valence-electron chi connectivity index (χ4n) is 5.14. The Bertz CT molecular complexity index is 1770. The number of sulfonamides is 1. The Morgan fingerprint density at radius 1 is 0.833 bits per heavy atom. The van der Waals surface area contributed by atoms with Crippen LogP contribution in [0.2, 0.25) is 10.0 Å². The van der Waals surface area contributed by atoms with E-state index in [4.69, 9.17) is 32.7 Å². The van der Waals surface area contributed by atoms with Crippen molar-refractivity contribution in [2.75, 3.05) is 31.6 Å². The van der Waals surface area contributed by atoms with Gasteiger partial charge in [-0.25, -0.2) is 8.42 Å². The van der Waals surface area contributed by atoms with Crippen molar-refractivity contribution in [3.63, 3.8) is 0 Å². The van der Waals surface area contributed by atoms with E-state index in [2.05, 4.69) is 5.32 Å². The molecule has 48 heavy (non-hydrogen) atoms. The monoisotopic (exact) mass is 711 g/mol. The summed E-state index contributed by atoms with van der Waals surface area (Å²) in [6.07, 6.45) is 1.77. The van der Waals surface area contributed by atoms with Crippen LogP contribution in [-0.4, -0.2) is 58.5 Å². The van der Waals surface area contributed by atoms with Crippen LogP contribution in [0.25, 0.3) is 0 Å². The van der Waals surface area contributed by atoms with Gasteiger partial charge in [0.2, 0.25) is 11.8 Å². The summed E-state index contributed by atoms with van der Waals surface area (Å²) in [4.78, 5) is 29.9. The molecule has 4 aromatic rings. The summed E-state index contributed by atoms with van der Waals surface area (Å²) in [6.45, 7) is 1.62. The number of carbonyl (C=O) groups excluding carboxylic acids is 2. The first kappa shape index (κ1) is 36.6. The number of rotatable bonds is 16. The minimum atomic E-state index is -4.30. The Hall–Kier alpha value is -4.25. The number of ether oxygens (including phenoxy) is 2. The molecular formula is C36H39Cl2N3O6S. The lowest BCUT2D eigenvalue weighted by atomic mass is 10.0. The summed E-state index contributed by atoms with van der Waals surface area (Å²) in [5, 5.41) is 3.57. The van der Waals surface area contributed by atoms with Gasteiger partial charge < -0.3 is 19.7 Å². The molecule has 12 heteroatoms. The quantitative estimate of drug-likeness (QED) is 0.129. The molecule has 0 saturated carbocycles. The lowest BCUT2D eigenvalue weighted by Crippen LogP contribution is -2.53. The number of amides is 2. The molecule has 254 valence electrons. The van der Waals surface area contributed by atoms with Crippen LogP contribution in [0.3, 0.4) is 0 Å². The van der Waals surface area contributed by atoms with Gasteiger partial charge in [-0.05, 0) is 48.4 Å². The highest BCUT2D eigenvalue weighted by molar-refractivity contribution is 7.92. The van der Waals surface area contributed by atoms with Gasteiger partial charge in [0.25, 0.3) is 10.0 Å². The molecule has 4 rings (SSSR count). The largest absolute Gasteiger partial charge is 0.493 e. The molecule has 0 aliphatic heterocycles. The molecule has 0 aliphatic carbocycles. The number of methoxy groups -OCH3 is 2. The lowest BCUT2D eigenvalue weighted by Gasteiger charge is -2.34. The average Bonchev–Trinajstić information content (AvgIpc) is 3.10. The normalized spacial score (nSPS) is 11.8. The van der Waals surface area contributed by atoms with Crippen molar-refractivity contribution in [1.82, 2.24) is 10.2 Å². The number of carbonyl (C=O) groups is 2. The van der Waals surface area contributed by atoms with E-state index < -0.39 is 28.5 Å². The summed E-state index contributed by atoms with van der Waals surface area (Å²) >= 11 is 13.2. The zero-order valence-electron chi connectivity index (χ0n) is 27.1. The van der Waals surface area contributed by atoms with Crippen LogP contribution in [0.5, 0.6) is 11.5 Å². The van der Waals surface area contributed by atoms with Gasteiger partial charge in [0.1, 0.15) is 12.6 Å². The predicted molar refractivity (Wildman–Crippen MR) is 189 cm³/mol. The Morgan fingerprint density at radius 2 is 1.46 bits per heavy atom. The van der Waals surface area contributed by atoms with Crippen molar-refractivity contribution in [1.29, 1.82) is 0 Å². The van der Waals surface area contributed by atoms with E-state index in [9.17, 15) is 18.0 Å². The number of hydrogen-bond acceptors (Lipinski definition) is 6. The number of hydrogen-bond donors (Lipinski definition) is 1. The van der Waals surface area contributed by atoms with E-state index in [-0.39, 0.29) is 35.2 Å².